The van der Waals surface area contributed by atoms with Crippen LogP contribution in [0.4, 0.5) is 0 Å². The van der Waals surface area contributed by atoms with Gasteiger partial charge in [0, 0.05) is 126 Å². The maximum absolute atomic E-state index is 5.36. The van der Waals surface area contributed by atoms with Gasteiger partial charge in [-0.2, -0.15) is 0 Å². The molecule has 0 amide bonds. The molecule has 2 N–H and O–H groups in total. The molecule has 1 aromatic rings. The third-order valence-corrected chi connectivity index (χ3v) is 1.28. The quantitative estimate of drug-likeness (QED) is 0.536. The minimum absolute atomic E-state index is 0. The Balaban J connectivity index is -0.000000101. The van der Waals surface area contributed by atoms with Crippen molar-refractivity contribution in [2.75, 3.05) is 6.54 Å². The van der Waals surface area contributed by atoms with E-state index in [1.54, 1.807) is 0 Å². The van der Waals surface area contributed by atoms with E-state index in [4.69, 9.17) is 5.73 Å². The molecule has 0 aliphatic heterocycles. The molecule has 0 fully saturated rings. The summed E-state index contributed by atoms with van der Waals surface area (Å²) in [6.45, 7) is 0.740. The summed E-state index contributed by atoms with van der Waals surface area (Å²) in [7, 11) is 0. The molecule has 7 radical (unpaired) electrons. The molecule has 0 spiro atoms. The van der Waals surface area contributed by atoms with Gasteiger partial charge >= 0.3 is 0 Å². The summed E-state index contributed by atoms with van der Waals surface area (Å²) < 4.78 is 0. The first kappa shape index (κ1) is 24.9. The molecule has 0 aliphatic rings. The van der Waals surface area contributed by atoms with Crippen LogP contribution < -0.4 is 5.73 Å². The topological polar surface area (TPSA) is 26.0 Å². The summed E-state index contributed by atoms with van der Waals surface area (Å²) in [5.41, 5.74) is 6.68. The summed E-state index contributed by atoms with van der Waals surface area (Å²) in [6.07, 6.45) is 0.987. The SMILES string of the molecule is NCCc1ccccc1.[Br].[Cl].[Cs].[Pb]. The van der Waals surface area contributed by atoms with Crippen LogP contribution in [-0.4, -0.2) is 103 Å². The van der Waals surface area contributed by atoms with Crippen molar-refractivity contribution in [3.05, 3.63) is 35.9 Å². The van der Waals surface area contributed by atoms with Crippen molar-refractivity contribution in [3.8, 4) is 0 Å². The zero-order chi connectivity index (χ0) is 6.53. The molecule has 0 saturated carbocycles. The van der Waals surface area contributed by atoms with Crippen molar-refractivity contribution in [1.82, 2.24) is 0 Å². The second-order valence-electron chi connectivity index (χ2n) is 2.02. The Morgan fingerprint density at radius 2 is 1.54 bits per heavy atom. The zero-order valence-electron chi connectivity index (χ0n) is 7.63. The largest absolute Gasteiger partial charge is 0.330 e. The standard InChI is InChI=1S/C8H11N.Br.Cl.Cs.Pb/c9-7-6-8-4-2-1-3-5-8;;;;/h1-5H,6-7,9H2;;;;. The number of nitrogens with two attached hydrogens (primary N) is 1. The Labute approximate surface area is 176 Å². The molecule has 1 rings (SSSR count). The number of hydrogen-bond acceptors (Lipinski definition) is 1. The first-order valence-corrected chi connectivity index (χ1v) is 3.17. The van der Waals surface area contributed by atoms with E-state index in [1.165, 1.54) is 5.56 Å². The van der Waals surface area contributed by atoms with Gasteiger partial charge in [-0.1, -0.05) is 30.3 Å². The average Bonchev–Trinajstić information content (AvgIpc) is 1.91. The van der Waals surface area contributed by atoms with E-state index in [-0.39, 0.29) is 126 Å². The van der Waals surface area contributed by atoms with E-state index < -0.39 is 0 Å². The molecule has 0 aliphatic carbocycles. The van der Waals surface area contributed by atoms with Crippen molar-refractivity contribution in [1.29, 1.82) is 0 Å². The van der Waals surface area contributed by atoms with Gasteiger partial charge in [0.1, 0.15) is 0 Å². The summed E-state index contributed by atoms with van der Waals surface area (Å²) in [4.78, 5) is 0. The third kappa shape index (κ3) is 12.9. The van der Waals surface area contributed by atoms with Gasteiger partial charge in [0.05, 0.1) is 0 Å². The number of halogens is 2. The van der Waals surface area contributed by atoms with E-state index in [9.17, 15) is 0 Å². The molecule has 67 valence electrons. The summed E-state index contributed by atoms with van der Waals surface area (Å²) in [6, 6.07) is 10.3. The summed E-state index contributed by atoms with van der Waals surface area (Å²) in [5, 5.41) is 0. The third-order valence-electron chi connectivity index (χ3n) is 1.28. The molecule has 5 heteroatoms. The van der Waals surface area contributed by atoms with E-state index in [2.05, 4.69) is 12.1 Å². The van der Waals surface area contributed by atoms with Crippen LogP contribution in [0, 0.1) is 0 Å². The van der Waals surface area contributed by atoms with Crippen LogP contribution in [0.3, 0.4) is 0 Å². The average molecular weight is 577 g/mol. The maximum atomic E-state index is 5.36. The van der Waals surface area contributed by atoms with Crippen LogP contribution in [0.5, 0.6) is 0 Å². The van der Waals surface area contributed by atoms with Gasteiger partial charge in [-0.25, -0.2) is 0 Å². The minimum Gasteiger partial charge on any atom is -0.330 e. The van der Waals surface area contributed by atoms with Crippen LogP contribution in [0.15, 0.2) is 30.3 Å². The minimum atomic E-state index is 0. The van der Waals surface area contributed by atoms with Crippen molar-refractivity contribution in [2.24, 2.45) is 5.73 Å². The molecule has 0 heterocycles. The molecule has 1 nitrogen and oxygen atoms in total. The molecular weight excluding hydrogens is 566 g/mol. The van der Waals surface area contributed by atoms with Gasteiger partial charge in [-0.05, 0) is 18.5 Å². The molecule has 13 heavy (non-hydrogen) atoms. The van der Waals surface area contributed by atoms with Crippen molar-refractivity contribution < 1.29 is 0 Å². The van der Waals surface area contributed by atoms with E-state index in [0.29, 0.717) is 0 Å². The fraction of sp³-hybridized carbons (Fsp3) is 0.250. The Morgan fingerprint density at radius 3 is 1.92 bits per heavy atom. The molecule has 0 unspecified atom stereocenters. The van der Waals surface area contributed by atoms with Gasteiger partial charge in [-0.3, -0.25) is 0 Å². The number of benzene rings is 1. The van der Waals surface area contributed by atoms with Crippen molar-refractivity contribution in [3.63, 3.8) is 0 Å². The molecule has 0 bridgehead atoms. The van der Waals surface area contributed by atoms with Gasteiger partial charge < -0.3 is 5.73 Å². The van der Waals surface area contributed by atoms with Gasteiger partial charge in [0.2, 0.25) is 0 Å². The van der Waals surface area contributed by atoms with Crippen molar-refractivity contribution >= 4 is 126 Å². The van der Waals surface area contributed by atoms with Gasteiger partial charge in [0.25, 0.3) is 0 Å². The predicted octanol–water partition coefficient (Wildman–Crippen LogP) is 1.96. The Morgan fingerprint density at radius 1 is 1.08 bits per heavy atom. The molecule has 0 saturated heterocycles. The molecule has 0 atom stereocenters. The van der Waals surface area contributed by atoms with Crippen molar-refractivity contribution in [2.45, 2.75) is 6.42 Å². The monoisotopic (exact) mass is 576 g/mol. The predicted molar refractivity (Wildman–Crippen MR) is 65.5 cm³/mol. The van der Waals surface area contributed by atoms with Crippen LogP contribution >= 0.6 is 29.4 Å². The second-order valence-corrected chi connectivity index (χ2v) is 2.02. The zero-order valence-corrected chi connectivity index (χ0v) is 20.1. The van der Waals surface area contributed by atoms with Gasteiger partial charge in [0.15, 0.2) is 0 Å². The van der Waals surface area contributed by atoms with Crippen LogP contribution in [0.2, 0.25) is 0 Å². The first-order valence-electron chi connectivity index (χ1n) is 3.17. The number of hydrogen-bond donors (Lipinski definition) is 1. The smallest absolute Gasteiger partial charge is 0 e. The van der Waals surface area contributed by atoms with Crippen LogP contribution in [0.1, 0.15) is 5.56 Å². The Bertz CT molecular complexity index is 177. The van der Waals surface area contributed by atoms with Gasteiger partial charge in [-0.15, -0.1) is 0 Å². The van der Waals surface area contributed by atoms with Crippen LogP contribution in [0.25, 0.3) is 0 Å². The molecular formula is C8H11BrClCsNPb. The Hall–Kier alpha value is 2.92. The maximum Gasteiger partial charge on any atom is 0 e. The van der Waals surface area contributed by atoms with E-state index in [0.717, 1.165) is 13.0 Å². The molecule has 1 aromatic carbocycles. The fourth-order valence-electron chi connectivity index (χ4n) is 0.811. The fourth-order valence-corrected chi connectivity index (χ4v) is 0.811. The summed E-state index contributed by atoms with van der Waals surface area (Å²) in [5.74, 6) is 0. The first-order chi connectivity index (χ1) is 4.43. The second kappa shape index (κ2) is 17.3. The normalized spacial score (nSPS) is 6.54. The van der Waals surface area contributed by atoms with E-state index in [1.807, 2.05) is 18.2 Å². The Kier molecular flexibility index (Phi) is 33.2. The molecule has 0 aromatic heterocycles. The summed E-state index contributed by atoms with van der Waals surface area (Å²) >= 11 is 0. The van der Waals surface area contributed by atoms with Crippen LogP contribution in [-0.2, 0) is 6.42 Å². The van der Waals surface area contributed by atoms with E-state index >= 15 is 0 Å². The number of rotatable bonds is 2.